The van der Waals surface area contributed by atoms with Crippen LogP contribution >= 0.6 is 11.6 Å². The molecule has 90 valence electrons. The lowest BCUT2D eigenvalue weighted by atomic mass is 10.1. The second-order valence-corrected chi connectivity index (χ2v) is 4.77. The van der Waals surface area contributed by atoms with E-state index in [0.29, 0.717) is 17.1 Å². The maximum atomic E-state index is 11.6. The molecular formula is C12H13ClN2O2. The molecule has 0 unspecified atom stereocenters. The van der Waals surface area contributed by atoms with Crippen LogP contribution in [-0.2, 0) is 16.0 Å². The fourth-order valence-electron chi connectivity index (χ4n) is 1.62. The van der Waals surface area contributed by atoms with E-state index in [-0.39, 0.29) is 17.7 Å². The van der Waals surface area contributed by atoms with Crippen LogP contribution in [0.5, 0.6) is 0 Å². The topological polar surface area (TPSA) is 58.2 Å². The Morgan fingerprint density at radius 1 is 1.47 bits per heavy atom. The molecule has 4 nitrogen and oxygen atoms in total. The molecule has 0 aliphatic carbocycles. The third-order valence-electron chi connectivity index (χ3n) is 2.60. The number of fused-ring (bicyclic) bond motifs is 1. The van der Waals surface area contributed by atoms with E-state index in [1.54, 1.807) is 12.1 Å². The van der Waals surface area contributed by atoms with Crippen molar-refractivity contribution in [1.82, 2.24) is 0 Å². The van der Waals surface area contributed by atoms with Crippen LogP contribution in [0.4, 0.5) is 11.4 Å². The largest absolute Gasteiger partial charge is 0.325 e. The van der Waals surface area contributed by atoms with Gasteiger partial charge in [-0.05, 0) is 17.7 Å². The summed E-state index contributed by atoms with van der Waals surface area (Å²) in [6, 6.07) is 3.41. The molecule has 2 amide bonds. The van der Waals surface area contributed by atoms with E-state index in [2.05, 4.69) is 10.6 Å². The van der Waals surface area contributed by atoms with Crippen molar-refractivity contribution in [2.75, 3.05) is 10.6 Å². The van der Waals surface area contributed by atoms with E-state index in [1.807, 2.05) is 13.8 Å². The number of anilines is 2. The second-order valence-electron chi connectivity index (χ2n) is 4.36. The summed E-state index contributed by atoms with van der Waals surface area (Å²) in [4.78, 5) is 22.8. The van der Waals surface area contributed by atoms with Crippen molar-refractivity contribution in [2.45, 2.75) is 20.3 Å². The quantitative estimate of drug-likeness (QED) is 0.849. The molecule has 0 saturated carbocycles. The standard InChI is InChI=1S/C12H13ClN2O2/c1-6(2)12(17)15-10-3-7-4-11(16)14-9(7)5-8(10)13/h3,5-6H,4H2,1-2H3,(H,14,16)(H,15,17). The number of nitrogens with one attached hydrogen (secondary N) is 2. The molecule has 1 aliphatic rings. The van der Waals surface area contributed by atoms with Gasteiger partial charge in [-0.3, -0.25) is 9.59 Å². The van der Waals surface area contributed by atoms with Crippen LogP contribution in [0.1, 0.15) is 19.4 Å². The van der Waals surface area contributed by atoms with Crippen LogP contribution < -0.4 is 10.6 Å². The van der Waals surface area contributed by atoms with Gasteiger partial charge in [-0.1, -0.05) is 25.4 Å². The van der Waals surface area contributed by atoms with Gasteiger partial charge in [-0.2, -0.15) is 0 Å². The molecule has 2 N–H and O–H groups in total. The van der Waals surface area contributed by atoms with Crippen LogP contribution in [0.3, 0.4) is 0 Å². The number of carbonyl (C=O) groups is 2. The molecular weight excluding hydrogens is 240 g/mol. The van der Waals surface area contributed by atoms with Gasteiger partial charge in [-0.15, -0.1) is 0 Å². The van der Waals surface area contributed by atoms with Gasteiger partial charge >= 0.3 is 0 Å². The van der Waals surface area contributed by atoms with E-state index >= 15 is 0 Å². The summed E-state index contributed by atoms with van der Waals surface area (Å²) in [5, 5.41) is 5.88. The first-order chi connectivity index (χ1) is 7.97. The highest BCUT2D eigenvalue weighted by Gasteiger charge is 2.20. The number of hydrogen-bond acceptors (Lipinski definition) is 2. The Morgan fingerprint density at radius 2 is 2.18 bits per heavy atom. The first-order valence-electron chi connectivity index (χ1n) is 5.40. The molecule has 5 heteroatoms. The maximum absolute atomic E-state index is 11.6. The predicted octanol–water partition coefficient (Wildman–Crippen LogP) is 2.43. The lowest BCUT2D eigenvalue weighted by Gasteiger charge is -2.11. The maximum Gasteiger partial charge on any atom is 0.228 e. The van der Waals surface area contributed by atoms with Crippen molar-refractivity contribution in [1.29, 1.82) is 0 Å². The summed E-state index contributed by atoms with van der Waals surface area (Å²) in [7, 11) is 0. The molecule has 1 aromatic carbocycles. The van der Waals surface area contributed by atoms with E-state index < -0.39 is 0 Å². The van der Waals surface area contributed by atoms with E-state index in [1.165, 1.54) is 0 Å². The summed E-state index contributed by atoms with van der Waals surface area (Å²) in [5.41, 5.74) is 2.14. The second kappa shape index (κ2) is 4.37. The van der Waals surface area contributed by atoms with Crippen molar-refractivity contribution < 1.29 is 9.59 Å². The first kappa shape index (κ1) is 11.9. The van der Waals surface area contributed by atoms with E-state index in [0.717, 1.165) is 11.3 Å². The molecule has 17 heavy (non-hydrogen) atoms. The van der Waals surface area contributed by atoms with E-state index in [9.17, 15) is 9.59 Å². The minimum Gasteiger partial charge on any atom is -0.325 e. The molecule has 2 rings (SSSR count). The lowest BCUT2D eigenvalue weighted by Crippen LogP contribution is -2.18. The molecule has 0 aromatic heterocycles. The summed E-state index contributed by atoms with van der Waals surface area (Å²) >= 11 is 6.04. The highest BCUT2D eigenvalue weighted by atomic mass is 35.5. The van der Waals surface area contributed by atoms with Crippen LogP contribution in [0.15, 0.2) is 12.1 Å². The molecule has 0 saturated heterocycles. The molecule has 0 fully saturated rings. The van der Waals surface area contributed by atoms with Crippen molar-refractivity contribution in [3.8, 4) is 0 Å². The Kier molecular flexibility index (Phi) is 3.07. The monoisotopic (exact) mass is 252 g/mol. The molecule has 0 spiro atoms. The Bertz CT molecular complexity index is 498. The van der Waals surface area contributed by atoms with Crippen molar-refractivity contribution in [3.05, 3.63) is 22.7 Å². The normalized spacial score (nSPS) is 13.5. The average Bonchev–Trinajstić information content (AvgIpc) is 2.57. The third kappa shape index (κ3) is 2.42. The highest BCUT2D eigenvalue weighted by molar-refractivity contribution is 6.34. The van der Waals surface area contributed by atoms with Crippen molar-refractivity contribution >= 4 is 34.8 Å². The Labute approximate surface area is 104 Å². The summed E-state index contributed by atoms with van der Waals surface area (Å²) in [6.07, 6.45) is 0.330. The zero-order chi connectivity index (χ0) is 12.6. The smallest absolute Gasteiger partial charge is 0.228 e. The molecule has 1 heterocycles. The zero-order valence-corrected chi connectivity index (χ0v) is 10.4. The van der Waals surface area contributed by atoms with Crippen LogP contribution in [-0.4, -0.2) is 11.8 Å². The van der Waals surface area contributed by atoms with Gasteiger partial charge in [0.15, 0.2) is 0 Å². The Morgan fingerprint density at radius 3 is 2.82 bits per heavy atom. The van der Waals surface area contributed by atoms with Gasteiger partial charge in [0.05, 0.1) is 17.1 Å². The third-order valence-corrected chi connectivity index (χ3v) is 2.91. The van der Waals surface area contributed by atoms with Gasteiger partial charge in [0.2, 0.25) is 11.8 Å². The number of hydrogen-bond donors (Lipinski definition) is 2. The molecule has 1 aromatic rings. The van der Waals surface area contributed by atoms with Gasteiger partial charge in [-0.25, -0.2) is 0 Å². The molecule has 0 radical (unpaired) electrons. The number of rotatable bonds is 2. The minimum atomic E-state index is -0.112. The number of halogens is 1. The van der Waals surface area contributed by atoms with Crippen LogP contribution in [0.2, 0.25) is 5.02 Å². The molecule has 1 aliphatic heterocycles. The summed E-state index contributed by atoms with van der Waals surface area (Å²) < 4.78 is 0. The van der Waals surface area contributed by atoms with Gasteiger partial charge in [0, 0.05) is 11.6 Å². The average molecular weight is 253 g/mol. The summed E-state index contributed by atoms with van der Waals surface area (Å²) in [6.45, 7) is 3.61. The van der Waals surface area contributed by atoms with Crippen molar-refractivity contribution in [2.24, 2.45) is 5.92 Å². The van der Waals surface area contributed by atoms with Crippen molar-refractivity contribution in [3.63, 3.8) is 0 Å². The van der Waals surface area contributed by atoms with Gasteiger partial charge < -0.3 is 10.6 Å². The number of benzene rings is 1. The van der Waals surface area contributed by atoms with Crippen LogP contribution in [0.25, 0.3) is 0 Å². The minimum absolute atomic E-state index is 0.0524. The zero-order valence-electron chi connectivity index (χ0n) is 9.63. The Balaban J connectivity index is 2.28. The molecule has 0 atom stereocenters. The number of amides is 2. The fraction of sp³-hybridized carbons (Fsp3) is 0.333. The Hall–Kier alpha value is -1.55. The first-order valence-corrected chi connectivity index (χ1v) is 5.78. The van der Waals surface area contributed by atoms with Crippen LogP contribution in [0, 0.1) is 5.92 Å². The van der Waals surface area contributed by atoms with E-state index in [4.69, 9.17) is 11.6 Å². The lowest BCUT2D eigenvalue weighted by molar-refractivity contribution is -0.119. The fourth-order valence-corrected chi connectivity index (χ4v) is 1.83. The van der Waals surface area contributed by atoms with Gasteiger partial charge in [0.25, 0.3) is 0 Å². The SMILES string of the molecule is CC(C)C(=O)Nc1cc2c(cc1Cl)NC(=O)C2. The molecule has 0 bridgehead atoms. The predicted molar refractivity (Wildman–Crippen MR) is 67.3 cm³/mol. The number of carbonyl (C=O) groups excluding carboxylic acids is 2. The van der Waals surface area contributed by atoms with Gasteiger partial charge in [0.1, 0.15) is 0 Å². The highest BCUT2D eigenvalue weighted by Crippen LogP contribution is 2.32. The summed E-state index contributed by atoms with van der Waals surface area (Å²) in [5.74, 6) is -0.258.